The van der Waals surface area contributed by atoms with Crippen molar-refractivity contribution in [2.45, 2.75) is 6.61 Å². The molecule has 0 aliphatic rings. The molecule has 22 heavy (non-hydrogen) atoms. The van der Waals surface area contributed by atoms with Crippen molar-refractivity contribution in [2.24, 2.45) is 0 Å². The summed E-state index contributed by atoms with van der Waals surface area (Å²) in [5.74, 6) is 0.133. The largest absolute Gasteiger partial charge is 0.496 e. The van der Waals surface area contributed by atoms with Gasteiger partial charge in [-0.25, -0.2) is 4.79 Å². The fourth-order valence-electron chi connectivity index (χ4n) is 1.74. The molecule has 2 aromatic carbocycles. The number of benzene rings is 2. The van der Waals surface area contributed by atoms with E-state index >= 15 is 0 Å². The normalized spacial score (nSPS) is 10.1. The van der Waals surface area contributed by atoms with E-state index < -0.39 is 10.9 Å². The summed E-state index contributed by atoms with van der Waals surface area (Å²) in [6.45, 7) is 0.0421. The van der Waals surface area contributed by atoms with Gasteiger partial charge >= 0.3 is 5.97 Å². The highest BCUT2D eigenvalue weighted by Crippen LogP contribution is 2.26. The van der Waals surface area contributed by atoms with Crippen LogP contribution in [0.2, 0.25) is 0 Å². The van der Waals surface area contributed by atoms with Crippen LogP contribution in [0, 0.1) is 10.1 Å². The quantitative estimate of drug-likeness (QED) is 0.458. The molecule has 7 heteroatoms. The zero-order valence-corrected chi connectivity index (χ0v) is 13.2. The Morgan fingerprint density at radius 2 is 1.91 bits per heavy atom. The number of non-ortho nitro benzene ring substituents is 1. The lowest BCUT2D eigenvalue weighted by atomic mass is 10.2. The number of esters is 1. The van der Waals surface area contributed by atoms with Gasteiger partial charge in [-0.2, -0.15) is 0 Å². The van der Waals surface area contributed by atoms with Crippen LogP contribution in [0.25, 0.3) is 0 Å². The maximum absolute atomic E-state index is 12.0. The molecule has 0 aliphatic carbocycles. The number of carbonyl (C=O) groups is 1. The van der Waals surface area contributed by atoms with E-state index in [1.165, 1.54) is 19.2 Å². The third-order valence-electron chi connectivity index (χ3n) is 2.90. The third kappa shape index (κ3) is 3.82. The first-order valence-corrected chi connectivity index (χ1v) is 7.04. The zero-order chi connectivity index (χ0) is 16.1. The average Bonchev–Trinajstić information content (AvgIpc) is 2.52. The van der Waals surface area contributed by atoms with Crippen molar-refractivity contribution in [3.63, 3.8) is 0 Å². The summed E-state index contributed by atoms with van der Waals surface area (Å²) in [6, 6.07) is 10.7. The minimum Gasteiger partial charge on any atom is -0.496 e. The van der Waals surface area contributed by atoms with Gasteiger partial charge < -0.3 is 9.47 Å². The van der Waals surface area contributed by atoms with Gasteiger partial charge in [0.2, 0.25) is 0 Å². The van der Waals surface area contributed by atoms with Gasteiger partial charge in [-0.3, -0.25) is 10.1 Å². The van der Waals surface area contributed by atoms with Crippen LogP contribution >= 0.6 is 15.9 Å². The van der Waals surface area contributed by atoms with Gasteiger partial charge in [0.15, 0.2) is 0 Å². The molecule has 114 valence electrons. The lowest BCUT2D eigenvalue weighted by Crippen LogP contribution is -2.05. The van der Waals surface area contributed by atoms with Crippen molar-refractivity contribution < 1.29 is 19.2 Å². The first-order valence-electron chi connectivity index (χ1n) is 6.25. The smallest absolute Gasteiger partial charge is 0.338 e. The predicted octanol–water partition coefficient (Wildman–Crippen LogP) is 3.72. The number of hydrogen-bond acceptors (Lipinski definition) is 5. The summed E-state index contributed by atoms with van der Waals surface area (Å²) in [5.41, 5.74) is 1.05. The highest BCUT2D eigenvalue weighted by molar-refractivity contribution is 9.10. The number of ether oxygens (including phenoxy) is 2. The van der Waals surface area contributed by atoms with Crippen molar-refractivity contribution in [1.29, 1.82) is 0 Å². The number of hydrogen-bond donors (Lipinski definition) is 0. The summed E-state index contributed by atoms with van der Waals surface area (Å²) in [6.07, 6.45) is 0. The Hall–Kier alpha value is -2.41. The van der Waals surface area contributed by atoms with Gasteiger partial charge in [0.25, 0.3) is 5.69 Å². The van der Waals surface area contributed by atoms with E-state index in [-0.39, 0.29) is 12.3 Å². The van der Waals surface area contributed by atoms with Crippen molar-refractivity contribution >= 4 is 27.6 Å². The van der Waals surface area contributed by atoms with Gasteiger partial charge in [0.05, 0.1) is 22.1 Å². The Morgan fingerprint density at radius 1 is 1.23 bits per heavy atom. The maximum Gasteiger partial charge on any atom is 0.338 e. The van der Waals surface area contributed by atoms with Crippen LogP contribution in [-0.2, 0) is 11.3 Å². The topological polar surface area (TPSA) is 78.7 Å². The molecule has 0 bridgehead atoms. The average molecular weight is 366 g/mol. The fraction of sp³-hybridized carbons (Fsp3) is 0.133. The van der Waals surface area contributed by atoms with Crippen molar-refractivity contribution in [2.75, 3.05) is 7.11 Å². The van der Waals surface area contributed by atoms with Crippen LogP contribution < -0.4 is 4.74 Å². The molecular weight excluding hydrogens is 354 g/mol. The lowest BCUT2D eigenvalue weighted by Gasteiger charge is -2.07. The van der Waals surface area contributed by atoms with E-state index in [0.717, 1.165) is 0 Å². The lowest BCUT2D eigenvalue weighted by molar-refractivity contribution is -0.384. The SMILES string of the molecule is COc1ccc(C(=O)OCc2ccc([N+](=O)[O-])cc2)cc1Br. The van der Waals surface area contributed by atoms with Crippen LogP contribution in [0.1, 0.15) is 15.9 Å². The van der Waals surface area contributed by atoms with Crippen molar-refractivity contribution in [3.8, 4) is 5.75 Å². The van der Waals surface area contributed by atoms with Crippen LogP contribution in [-0.4, -0.2) is 18.0 Å². The minimum atomic E-state index is -0.485. The highest BCUT2D eigenvalue weighted by atomic mass is 79.9. The summed E-state index contributed by atoms with van der Waals surface area (Å²) in [4.78, 5) is 22.0. The Bertz CT molecular complexity index is 700. The first kappa shape index (κ1) is 16.0. The maximum atomic E-state index is 12.0. The molecule has 0 amide bonds. The van der Waals surface area contributed by atoms with Gasteiger partial charge in [0.1, 0.15) is 12.4 Å². The van der Waals surface area contributed by atoms with Gasteiger partial charge in [-0.1, -0.05) is 0 Å². The molecule has 0 aromatic heterocycles. The van der Waals surface area contributed by atoms with E-state index in [4.69, 9.17) is 9.47 Å². The molecule has 0 saturated heterocycles. The van der Waals surface area contributed by atoms with E-state index in [9.17, 15) is 14.9 Å². The van der Waals surface area contributed by atoms with E-state index in [1.54, 1.807) is 30.3 Å². The minimum absolute atomic E-state index is 0.00541. The second-order valence-electron chi connectivity index (χ2n) is 4.35. The van der Waals surface area contributed by atoms with Crippen LogP contribution in [0.5, 0.6) is 5.75 Å². The zero-order valence-electron chi connectivity index (χ0n) is 11.6. The Balaban J connectivity index is 2.00. The Morgan fingerprint density at radius 3 is 2.45 bits per heavy atom. The molecule has 6 nitrogen and oxygen atoms in total. The van der Waals surface area contributed by atoms with Crippen molar-refractivity contribution in [1.82, 2.24) is 0 Å². The molecule has 0 fully saturated rings. The second-order valence-corrected chi connectivity index (χ2v) is 5.20. The van der Waals surface area contributed by atoms with Crippen LogP contribution in [0.15, 0.2) is 46.9 Å². The molecule has 0 atom stereocenters. The summed E-state index contributed by atoms with van der Waals surface area (Å²) in [5, 5.41) is 10.6. The molecule has 0 spiro atoms. The van der Waals surface area contributed by atoms with E-state index in [1.807, 2.05) is 0 Å². The third-order valence-corrected chi connectivity index (χ3v) is 3.52. The Labute approximate surface area is 134 Å². The number of rotatable bonds is 5. The summed E-state index contributed by atoms with van der Waals surface area (Å²) < 4.78 is 10.9. The van der Waals surface area contributed by atoms with E-state index in [2.05, 4.69) is 15.9 Å². The molecule has 0 N–H and O–H groups in total. The van der Waals surface area contributed by atoms with Gasteiger partial charge in [0, 0.05) is 12.1 Å². The predicted molar refractivity (Wildman–Crippen MR) is 82.9 cm³/mol. The molecule has 2 aromatic rings. The fourth-order valence-corrected chi connectivity index (χ4v) is 2.28. The standard InChI is InChI=1S/C15H12BrNO5/c1-21-14-7-4-11(8-13(14)16)15(18)22-9-10-2-5-12(6-3-10)17(19)20/h2-8H,9H2,1H3. The number of nitrogens with zero attached hydrogens (tertiary/aromatic N) is 1. The molecule has 0 heterocycles. The second kappa shape index (κ2) is 7.04. The van der Waals surface area contributed by atoms with E-state index in [0.29, 0.717) is 21.3 Å². The molecule has 0 saturated carbocycles. The molecule has 0 unspecified atom stereocenters. The number of carbonyl (C=O) groups excluding carboxylic acids is 1. The highest BCUT2D eigenvalue weighted by Gasteiger charge is 2.11. The summed E-state index contributed by atoms with van der Waals surface area (Å²) in [7, 11) is 1.53. The molecule has 0 radical (unpaired) electrons. The number of nitro benzene ring substituents is 1. The van der Waals surface area contributed by atoms with Crippen molar-refractivity contribution in [3.05, 3.63) is 68.2 Å². The number of nitro groups is 1. The molecule has 0 aliphatic heterocycles. The molecule has 2 rings (SSSR count). The molecular formula is C15H12BrNO5. The number of halogens is 1. The summed E-state index contributed by atoms with van der Waals surface area (Å²) >= 11 is 3.30. The van der Waals surface area contributed by atoms with Crippen LogP contribution in [0.3, 0.4) is 0 Å². The Kier molecular flexibility index (Phi) is 5.11. The monoisotopic (exact) mass is 365 g/mol. The van der Waals surface area contributed by atoms with Crippen LogP contribution in [0.4, 0.5) is 5.69 Å². The van der Waals surface area contributed by atoms with Gasteiger partial charge in [-0.05, 0) is 51.8 Å². The number of methoxy groups -OCH3 is 1. The first-order chi connectivity index (χ1) is 10.5. The van der Waals surface area contributed by atoms with Gasteiger partial charge in [-0.15, -0.1) is 0 Å².